The van der Waals surface area contributed by atoms with Crippen LogP contribution in [-0.4, -0.2) is 119 Å². The number of fused-ring (bicyclic) bond motifs is 1. The zero-order valence-corrected chi connectivity index (χ0v) is 28.6. The fraction of sp³-hybridized carbons (Fsp3) is 0.500. The molecule has 2 N–H and O–H groups in total. The van der Waals surface area contributed by atoms with Crippen LogP contribution in [0.1, 0.15) is 69.6 Å². The number of rotatable bonds is 25. The van der Waals surface area contributed by atoms with Crippen LogP contribution in [0, 0.1) is 0 Å². The van der Waals surface area contributed by atoms with Gasteiger partial charge in [0, 0.05) is 25.0 Å². The van der Waals surface area contributed by atoms with Crippen LogP contribution in [0.2, 0.25) is 0 Å². The van der Waals surface area contributed by atoms with Gasteiger partial charge in [0.15, 0.2) is 0 Å². The van der Waals surface area contributed by atoms with Crippen molar-refractivity contribution in [2.45, 2.75) is 44.6 Å². The van der Waals surface area contributed by atoms with Crippen molar-refractivity contribution in [3.05, 3.63) is 59.2 Å². The molecule has 2 aromatic carbocycles. The molecule has 0 bridgehead atoms. The standard InChI is InChI=1S/C36H45N3O12/c40-25-26-8-10-27(11-9-26)51-24-23-50-22-21-49-20-19-48-18-17-47-16-15-46-14-3-1-2-7-31(41)37-29-6-4-5-28-33(29)36(45)39(35(28)44)30-12-13-32(42)38-34(30)43/h4-6,8-11,25,30H,1-3,7,12-24H2,(H,37,41)(H,38,42,43). The second kappa shape index (κ2) is 21.6. The van der Waals surface area contributed by atoms with Crippen LogP contribution in [0.15, 0.2) is 42.5 Å². The Bertz CT molecular complexity index is 1480. The maximum Gasteiger partial charge on any atom is 0.264 e. The van der Waals surface area contributed by atoms with E-state index >= 15 is 0 Å². The zero-order chi connectivity index (χ0) is 36.3. The molecule has 1 saturated heterocycles. The molecule has 0 radical (unpaired) electrons. The summed E-state index contributed by atoms with van der Waals surface area (Å²) in [5, 5.41) is 4.90. The van der Waals surface area contributed by atoms with E-state index in [1.54, 1.807) is 36.4 Å². The molecule has 15 heteroatoms. The van der Waals surface area contributed by atoms with Crippen LogP contribution in [0.5, 0.6) is 5.75 Å². The minimum Gasteiger partial charge on any atom is -0.491 e. The Morgan fingerprint density at radius 2 is 1.35 bits per heavy atom. The molecule has 15 nitrogen and oxygen atoms in total. The number of carbonyl (C=O) groups excluding carboxylic acids is 6. The van der Waals surface area contributed by atoms with Crippen LogP contribution in [0.3, 0.4) is 0 Å². The number of hydrogen-bond donors (Lipinski definition) is 2. The minimum absolute atomic E-state index is 0.0280. The average molecular weight is 712 g/mol. The predicted octanol–water partition coefficient (Wildman–Crippen LogP) is 2.56. The molecule has 1 unspecified atom stereocenters. The topological polar surface area (TPSA) is 185 Å². The lowest BCUT2D eigenvalue weighted by atomic mass is 10.0. The van der Waals surface area contributed by atoms with Gasteiger partial charge in [-0.1, -0.05) is 12.5 Å². The van der Waals surface area contributed by atoms with Crippen molar-refractivity contribution >= 4 is 41.5 Å². The first-order chi connectivity index (χ1) is 24.9. The van der Waals surface area contributed by atoms with E-state index in [1.165, 1.54) is 6.07 Å². The number of piperidine rings is 1. The molecule has 1 fully saturated rings. The number of ether oxygens (including phenoxy) is 6. The number of aldehydes is 1. The first-order valence-electron chi connectivity index (χ1n) is 17.1. The molecule has 2 aliphatic rings. The number of unbranched alkanes of at least 4 members (excludes halogenated alkanes) is 2. The fourth-order valence-electron chi connectivity index (χ4n) is 5.34. The van der Waals surface area contributed by atoms with Gasteiger partial charge in [-0.15, -0.1) is 0 Å². The quantitative estimate of drug-likeness (QED) is 0.0873. The van der Waals surface area contributed by atoms with Crippen LogP contribution in [0.25, 0.3) is 0 Å². The molecule has 51 heavy (non-hydrogen) atoms. The number of imide groups is 2. The van der Waals surface area contributed by atoms with E-state index in [1.807, 2.05) is 0 Å². The van der Waals surface area contributed by atoms with E-state index in [9.17, 15) is 28.8 Å². The molecule has 0 saturated carbocycles. The largest absolute Gasteiger partial charge is 0.491 e. The summed E-state index contributed by atoms with van der Waals surface area (Å²) in [7, 11) is 0. The highest BCUT2D eigenvalue weighted by Gasteiger charge is 2.45. The zero-order valence-electron chi connectivity index (χ0n) is 28.6. The molecule has 1 atom stereocenters. The number of amides is 5. The lowest BCUT2D eigenvalue weighted by Crippen LogP contribution is -2.54. The Hall–Kier alpha value is -4.54. The van der Waals surface area contributed by atoms with Gasteiger partial charge < -0.3 is 33.7 Å². The van der Waals surface area contributed by atoms with Gasteiger partial charge in [0.2, 0.25) is 17.7 Å². The predicted molar refractivity (Wildman–Crippen MR) is 182 cm³/mol. The maximum atomic E-state index is 13.2. The first-order valence-corrected chi connectivity index (χ1v) is 17.1. The molecule has 0 aliphatic carbocycles. The van der Waals surface area contributed by atoms with Crippen molar-refractivity contribution in [1.82, 2.24) is 10.2 Å². The fourth-order valence-corrected chi connectivity index (χ4v) is 5.34. The lowest BCUT2D eigenvalue weighted by Gasteiger charge is -2.27. The second-order valence-corrected chi connectivity index (χ2v) is 11.6. The molecule has 2 heterocycles. The first kappa shape index (κ1) is 39.2. The van der Waals surface area contributed by atoms with E-state index in [4.69, 9.17) is 28.4 Å². The van der Waals surface area contributed by atoms with Gasteiger partial charge in [0.05, 0.1) is 76.3 Å². The summed E-state index contributed by atoms with van der Waals surface area (Å²) in [5.74, 6) is -2.04. The Balaban J connectivity index is 0.927. The molecule has 2 aliphatic heterocycles. The minimum atomic E-state index is -1.07. The normalized spacial score (nSPS) is 15.5. The monoisotopic (exact) mass is 711 g/mol. The summed E-state index contributed by atoms with van der Waals surface area (Å²) in [6.07, 6.45) is 3.23. The van der Waals surface area contributed by atoms with E-state index in [-0.39, 0.29) is 42.0 Å². The summed E-state index contributed by atoms with van der Waals surface area (Å²) in [4.78, 5) is 74.1. The summed E-state index contributed by atoms with van der Waals surface area (Å²) in [5.41, 5.74) is 0.979. The SMILES string of the molecule is O=Cc1ccc(OCCOCCOCCOCCOCCOCCCCCC(=O)Nc2cccc3c2C(=O)N(C2CCC(=O)NC2=O)C3=O)cc1. The molecular weight excluding hydrogens is 666 g/mol. The van der Waals surface area contributed by atoms with Crippen molar-refractivity contribution in [3.63, 3.8) is 0 Å². The highest BCUT2D eigenvalue weighted by atomic mass is 16.6. The van der Waals surface area contributed by atoms with Crippen molar-refractivity contribution in [1.29, 1.82) is 0 Å². The van der Waals surface area contributed by atoms with Gasteiger partial charge in [-0.05, 0) is 55.7 Å². The van der Waals surface area contributed by atoms with Crippen molar-refractivity contribution < 1.29 is 57.2 Å². The van der Waals surface area contributed by atoms with E-state index < -0.39 is 29.7 Å². The van der Waals surface area contributed by atoms with E-state index in [0.717, 1.165) is 24.0 Å². The molecule has 5 amide bonds. The summed E-state index contributed by atoms with van der Waals surface area (Å²) < 4.78 is 33.0. The van der Waals surface area contributed by atoms with Gasteiger partial charge in [-0.25, -0.2) is 0 Å². The third-order valence-electron chi connectivity index (χ3n) is 7.94. The third kappa shape index (κ3) is 12.6. The Morgan fingerprint density at radius 1 is 0.745 bits per heavy atom. The van der Waals surface area contributed by atoms with Crippen molar-refractivity contribution in [2.75, 3.05) is 78.0 Å². The lowest BCUT2D eigenvalue weighted by molar-refractivity contribution is -0.136. The third-order valence-corrected chi connectivity index (χ3v) is 7.94. The van der Waals surface area contributed by atoms with Crippen LogP contribution in [-0.2, 0) is 38.1 Å². The van der Waals surface area contributed by atoms with Crippen molar-refractivity contribution in [3.8, 4) is 5.75 Å². The van der Waals surface area contributed by atoms with Gasteiger partial charge in [0.25, 0.3) is 11.8 Å². The van der Waals surface area contributed by atoms with Gasteiger partial charge in [0.1, 0.15) is 24.7 Å². The molecule has 0 spiro atoms. The number of nitrogens with zero attached hydrogens (tertiary/aromatic N) is 1. The Labute approximate surface area is 296 Å². The Morgan fingerprint density at radius 3 is 1.96 bits per heavy atom. The average Bonchev–Trinajstić information content (AvgIpc) is 3.38. The highest BCUT2D eigenvalue weighted by molar-refractivity contribution is 6.26. The summed E-state index contributed by atoms with van der Waals surface area (Å²) >= 11 is 0. The molecular formula is C36H45N3O12. The van der Waals surface area contributed by atoms with Gasteiger partial charge in [-0.3, -0.25) is 39.0 Å². The molecule has 2 aromatic rings. The van der Waals surface area contributed by atoms with E-state index in [0.29, 0.717) is 90.4 Å². The Kier molecular flexibility index (Phi) is 16.6. The van der Waals surface area contributed by atoms with E-state index in [2.05, 4.69) is 10.6 Å². The highest BCUT2D eigenvalue weighted by Crippen LogP contribution is 2.32. The number of nitrogens with one attached hydrogen (secondary N) is 2. The molecule has 276 valence electrons. The smallest absolute Gasteiger partial charge is 0.264 e. The van der Waals surface area contributed by atoms with Crippen LogP contribution < -0.4 is 15.4 Å². The maximum absolute atomic E-state index is 13.2. The summed E-state index contributed by atoms with van der Waals surface area (Å²) in [6, 6.07) is 10.4. The number of carbonyl (C=O) groups is 6. The van der Waals surface area contributed by atoms with Gasteiger partial charge in [-0.2, -0.15) is 0 Å². The van der Waals surface area contributed by atoms with Crippen LogP contribution >= 0.6 is 0 Å². The summed E-state index contributed by atoms with van der Waals surface area (Å²) in [6.45, 7) is 4.95. The van der Waals surface area contributed by atoms with Crippen molar-refractivity contribution in [2.24, 2.45) is 0 Å². The van der Waals surface area contributed by atoms with Crippen LogP contribution in [0.4, 0.5) is 5.69 Å². The number of hydrogen-bond acceptors (Lipinski definition) is 12. The molecule has 4 rings (SSSR count). The second-order valence-electron chi connectivity index (χ2n) is 11.6. The van der Waals surface area contributed by atoms with Gasteiger partial charge >= 0.3 is 0 Å². The number of anilines is 1. The number of benzene rings is 2. The molecule has 0 aromatic heterocycles.